The van der Waals surface area contributed by atoms with Crippen LogP contribution >= 0.6 is 0 Å². The number of hydrogen-bond donors (Lipinski definition) is 2. The predicted molar refractivity (Wildman–Crippen MR) is 74.8 cm³/mol. The van der Waals surface area contributed by atoms with Crippen LogP contribution in [0.25, 0.3) is 0 Å². The second-order valence-corrected chi connectivity index (χ2v) is 6.70. The molecule has 0 saturated heterocycles. The summed E-state index contributed by atoms with van der Waals surface area (Å²) in [5.74, 6) is 0.143. The zero-order chi connectivity index (χ0) is 14.5. The molecule has 1 aliphatic carbocycles. The van der Waals surface area contributed by atoms with E-state index in [9.17, 15) is 9.59 Å². The van der Waals surface area contributed by atoms with Crippen LogP contribution in [0.1, 0.15) is 59.3 Å². The molecule has 19 heavy (non-hydrogen) atoms. The lowest BCUT2D eigenvalue weighted by molar-refractivity contribution is -0.137. The largest absolute Gasteiger partial charge is 0.481 e. The van der Waals surface area contributed by atoms with Crippen LogP contribution in [-0.2, 0) is 9.59 Å². The summed E-state index contributed by atoms with van der Waals surface area (Å²) >= 11 is 0. The second kappa shape index (κ2) is 6.92. The first-order valence-corrected chi connectivity index (χ1v) is 7.30. The van der Waals surface area contributed by atoms with E-state index in [-0.39, 0.29) is 18.2 Å². The molecule has 0 aliphatic heterocycles. The number of rotatable bonds is 5. The van der Waals surface area contributed by atoms with E-state index >= 15 is 0 Å². The third kappa shape index (κ3) is 5.62. The number of amides is 1. The average molecular weight is 269 g/mol. The summed E-state index contributed by atoms with van der Waals surface area (Å²) in [6.45, 7) is 7.28. The Balaban J connectivity index is 2.23. The SMILES string of the molecule is CC(C)(C)C1CCC(C(=O)NCCCC(=O)O)CC1. The fraction of sp³-hybridized carbons (Fsp3) is 0.867. The lowest BCUT2D eigenvalue weighted by atomic mass is 9.69. The molecule has 4 heteroatoms. The van der Waals surface area contributed by atoms with Crippen LogP contribution in [0.2, 0.25) is 0 Å². The van der Waals surface area contributed by atoms with E-state index in [1.807, 2.05) is 0 Å². The molecule has 1 fully saturated rings. The minimum absolute atomic E-state index is 0.109. The molecule has 0 aromatic carbocycles. The Morgan fingerprint density at radius 1 is 1.16 bits per heavy atom. The minimum atomic E-state index is -0.806. The molecule has 2 N–H and O–H groups in total. The van der Waals surface area contributed by atoms with E-state index in [0.717, 1.165) is 25.7 Å². The van der Waals surface area contributed by atoms with Gasteiger partial charge >= 0.3 is 5.97 Å². The smallest absolute Gasteiger partial charge is 0.303 e. The quantitative estimate of drug-likeness (QED) is 0.754. The maximum absolute atomic E-state index is 11.9. The molecule has 1 amide bonds. The van der Waals surface area contributed by atoms with Crippen LogP contribution in [0.15, 0.2) is 0 Å². The van der Waals surface area contributed by atoms with Gasteiger partial charge < -0.3 is 10.4 Å². The van der Waals surface area contributed by atoms with E-state index in [2.05, 4.69) is 26.1 Å². The fourth-order valence-corrected chi connectivity index (χ4v) is 2.82. The maximum atomic E-state index is 11.9. The van der Waals surface area contributed by atoms with Crippen LogP contribution < -0.4 is 5.32 Å². The molecule has 1 rings (SSSR count). The molecule has 4 nitrogen and oxygen atoms in total. The summed E-state index contributed by atoms with van der Waals surface area (Å²) in [5.41, 5.74) is 0.336. The molecule has 0 aromatic heterocycles. The molecule has 0 heterocycles. The van der Waals surface area contributed by atoms with Crippen LogP contribution in [0.4, 0.5) is 0 Å². The van der Waals surface area contributed by atoms with Crippen molar-refractivity contribution in [3.8, 4) is 0 Å². The van der Waals surface area contributed by atoms with Crippen LogP contribution in [0.3, 0.4) is 0 Å². The predicted octanol–water partition coefficient (Wildman–Crippen LogP) is 2.82. The van der Waals surface area contributed by atoms with E-state index < -0.39 is 5.97 Å². The number of carbonyl (C=O) groups is 2. The topological polar surface area (TPSA) is 66.4 Å². The molecule has 0 aromatic rings. The highest BCUT2D eigenvalue weighted by Gasteiger charge is 2.32. The van der Waals surface area contributed by atoms with Crippen molar-refractivity contribution in [3.63, 3.8) is 0 Å². The molecule has 0 unspecified atom stereocenters. The highest BCUT2D eigenvalue weighted by Crippen LogP contribution is 2.39. The van der Waals surface area contributed by atoms with Crippen molar-refractivity contribution < 1.29 is 14.7 Å². The Bertz CT molecular complexity index is 312. The van der Waals surface area contributed by atoms with Crippen molar-refractivity contribution >= 4 is 11.9 Å². The maximum Gasteiger partial charge on any atom is 0.303 e. The molecular formula is C15H27NO3. The third-order valence-corrected chi connectivity index (χ3v) is 4.19. The van der Waals surface area contributed by atoms with Crippen LogP contribution in [0.5, 0.6) is 0 Å². The van der Waals surface area contributed by atoms with Crippen molar-refractivity contribution in [2.45, 2.75) is 59.3 Å². The number of nitrogens with one attached hydrogen (secondary N) is 1. The van der Waals surface area contributed by atoms with Gasteiger partial charge in [-0.25, -0.2) is 0 Å². The number of aliphatic carboxylic acids is 1. The third-order valence-electron chi connectivity index (χ3n) is 4.19. The monoisotopic (exact) mass is 269 g/mol. The Morgan fingerprint density at radius 3 is 2.21 bits per heavy atom. The molecule has 110 valence electrons. The lowest BCUT2D eigenvalue weighted by Crippen LogP contribution is -2.35. The van der Waals surface area contributed by atoms with Crippen molar-refractivity contribution in [3.05, 3.63) is 0 Å². The van der Waals surface area contributed by atoms with Crippen molar-refractivity contribution in [2.75, 3.05) is 6.54 Å². The molecular weight excluding hydrogens is 242 g/mol. The van der Waals surface area contributed by atoms with Crippen molar-refractivity contribution in [2.24, 2.45) is 17.3 Å². The summed E-state index contributed by atoms with van der Waals surface area (Å²) < 4.78 is 0. The Hall–Kier alpha value is -1.06. The van der Waals surface area contributed by atoms with Gasteiger partial charge in [-0.2, -0.15) is 0 Å². The Morgan fingerprint density at radius 2 is 1.74 bits per heavy atom. The summed E-state index contributed by atoms with van der Waals surface area (Å²) in [5, 5.41) is 11.4. The molecule has 0 atom stereocenters. The van der Waals surface area contributed by atoms with Gasteiger partial charge in [0.15, 0.2) is 0 Å². The van der Waals surface area contributed by atoms with Gasteiger partial charge in [0.2, 0.25) is 5.91 Å². The summed E-state index contributed by atoms with van der Waals surface area (Å²) in [7, 11) is 0. The van der Waals surface area contributed by atoms with Crippen molar-refractivity contribution in [1.82, 2.24) is 5.32 Å². The Labute approximate surface area is 116 Å². The van der Waals surface area contributed by atoms with Gasteiger partial charge in [-0.3, -0.25) is 9.59 Å². The summed E-state index contributed by atoms with van der Waals surface area (Å²) in [6.07, 6.45) is 4.81. The molecule has 0 bridgehead atoms. The first kappa shape index (κ1) is 16.0. The van der Waals surface area contributed by atoms with Gasteiger partial charge in [0.25, 0.3) is 0 Å². The zero-order valence-electron chi connectivity index (χ0n) is 12.4. The molecule has 0 spiro atoms. The van der Waals surface area contributed by atoms with Gasteiger partial charge in [-0.05, 0) is 43.4 Å². The second-order valence-electron chi connectivity index (χ2n) is 6.70. The highest BCUT2D eigenvalue weighted by atomic mass is 16.4. The first-order chi connectivity index (χ1) is 8.80. The summed E-state index contributed by atoms with van der Waals surface area (Å²) in [4.78, 5) is 22.3. The number of carbonyl (C=O) groups excluding carboxylic acids is 1. The molecule has 1 saturated carbocycles. The molecule has 0 radical (unpaired) electrons. The highest BCUT2D eigenvalue weighted by molar-refractivity contribution is 5.78. The number of carboxylic acid groups (broad SMARTS) is 1. The van der Waals surface area contributed by atoms with Gasteiger partial charge in [0, 0.05) is 18.9 Å². The van der Waals surface area contributed by atoms with E-state index in [1.165, 1.54) is 0 Å². The standard InChI is InChI=1S/C15H27NO3/c1-15(2,3)12-8-6-11(7-9-12)14(19)16-10-4-5-13(17)18/h11-12H,4-10H2,1-3H3,(H,16,19)(H,17,18). The van der Waals surface area contributed by atoms with Crippen LogP contribution in [-0.4, -0.2) is 23.5 Å². The van der Waals surface area contributed by atoms with E-state index in [1.54, 1.807) is 0 Å². The van der Waals surface area contributed by atoms with Gasteiger partial charge in [0.05, 0.1) is 0 Å². The Kier molecular flexibility index (Phi) is 5.83. The summed E-state index contributed by atoms with van der Waals surface area (Å²) in [6, 6.07) is 0. The van der Waals surface area contributed by atoms with E-state index in [0.29, 0.717) is 24.3 Å². The lowest BCUT2D eigenvalue weighted by Gasteiger charge is -2.36. The van der Waals surface area contributed by atoms with Gasteiger partial charge in [-0.1, -0.05) is 20.8 Å². The molecule has 1 aliphatic rings. The average Bonchev–Trinajstić information content (AvgIpc) is 2.33. The van der Waals surface area contributed by atoms with Crippen LogP contribution in [0, 0.1) is 17.3 Å². The first-order valence-electron chi connectivity index (χ1n) is 7.30. The zero-order valence-corrected chi connectivity index (χ0v) is 12.4. The van der Waals surface area contributed by atoms with Gasteiger partial charge in [-0.15, -0.1) is 0 Å². The minimum Gasteiger partial charge on any atom is -0.481 e. The number of carboxylic acids is 1. The van der Waals surface area contributed by atoms with E-state index in [4.69, 9.17) is 5.11 Å². The van der Waals surface area contributed by atoms with Gasteiger partial charge in [0.1, 0.15) is 0 Å². The van der Waals surface area contributed by atoms with Crippen molar-refractivity contribution in [1.29, 1.82) is 0 Å². The fourth-order valence-electron chi connectivity index (χ4n) is 2.82. The number of hydrogen-bond acceptors (Lipinski definition) is 2. The normalized spacial score (nSPS) is 23.9.